The monoisotopic (exact) mass is 406 g/mol. The lowest BCUT2D eigenvalue weighted by Gasteiger charge is -2.44. The molecule has 138 valence electrons. The lowest BCUT2D eigenvalue weighted by molar-refractivity contribution is -0.937. The third kappa shape index (κ3) is 4.16. The summed E-state index contributed by atoms with van der Waals surface area (Å²) in [6.07, 6.45) is 1.59. The maximum atomic E-state index is 12.1. The van der Waals surface area contributed by atoms with E-state index in [0.717, 1.165) is 36.5 Å². The van der Waals surface area contributed by atoms with E-state index < -0.39 is 9.96 Å². The summed E-state index contributed by atoms with van der Waals surface area (Å²) in [6.45, 7) is 4.12. The van der Waals surface area contributed by atoms with Crippen LogP contribution in [-0.2, 0) is 11.3 Å². The van der Waals surface area contributed by atoms with Crippen molar-refractivity contribution >= 4 is 40.7 Å². The average Bonchev–Trinajstić information content (AvgIpc) is 2.53. The second-order valence-electron chi connectivity index (χ2n) is 7.06. The number of aromatic nitrogens is 1. The van der Waals surface area contributed by atoms with E-state index in [0.29, 0.717) is 18.9 Å². The lowest BCUT2D eigenvalue weighted by atomic mass is 9.83. The highest BCUT2D eigenvalue weighted by atomic mass is 35.6. The molecular weight excluding hydrogens is 385 g/mol. The zero-order chi connectivity index (χ0) is 18.2. The highest BCUT2D eigenvalue weighted by Crippen LogP contribution is 2.32. The summed E-state index contributed by atoms with van der Waals surface area (Å²) in [6, 6.07) is 5.41. The molecule has 5 nitrogen and oxygen atoms in total. The van der Waals surface area contributed by atoms with Crippen molar-refractivity contribution in [3.8, 4) is 0 Å². The zero-order valence-electron chi connectivity index (χ0n) is 14.1. The van der Waals surface area contributed by atoms with Gasteiger partial charge in [-0.15, -0.1) is 0 Å². The summed E-state index contributed by atoms with van der Waals surface area (Å²) in [5.41, 5.74) is 1.09. The number of rotatable bonds is 4. The molecule has 0 spiro atoms. The SMILES string of the molecule is CCCC(=O)N[C@H]([NH+]1C[C@@H]2C[C@H](C1)c1cccc(=O)n1C2)C(Cl)(Cl)Cl. The molecular formula is C17H23Cl3N3O2+. The molecule has 0 radical (unpaired) electrons. The Bertz CT molecular complexity index is 701. The molecule has 1 unspecified atom stereocenters. The first-order chi connectivity index (χ1) is 11.8. The van der Waals surface area contributed by atoms with Crippen LogP contribution in [0.2, 0.25) is 0 Å². The van der Waals surface area contributed by atoms with Crippen LogP contribution in [0.25, 0.3) is 0 Å². The molecule has 3 heterocycles. The van der Waals surface area contributed by atoms with Gasteiger partial charge in [0.25, 0.3) is 9.35 Å². The van der Waals surface area contributed by atoms with Crippen molar-refractivity contribution in [1.29, 1.82) is 0 Å². The molecule has 0 aliphatic carbocycles. The first-order valence-corrected chi connectivity index (χ1v) is 9.83. The number of hydrogen-bond acceptors (Lipinski definition) is 2. The van der Waals surface area contributed by atoms with Gasteiger partial charge in [-0.2, -0.15) is 0 Å². The second-order valence-corrected chi connectivity index (χ2v) is 9.43. The van der Waals surface area contributed by atoms with Gasteiger partial charge in [-0.05, 0) is 18.9 Å². The smallest absolute Gasteiger partial charge is 0.262 e. The van der Waals surface area contributed by atoms with Crippen LogP contribution in [0.3, 0.4) is 0 Å². The number of nitrogens with one attached hydrogen (secondary N) is 2. The Morgan fingerprint density at radius 3 is 2.84 bits per heavy atom. The van der Waals surface area contributed by atoms with Crippen LogP contribution in [0.4, 0.5) is 0 Å². The van der Waals surface area contributed by atoms with Gasteiger partial charge in [0.15, 0.2) is 0 Å². The Hall–Kier alpha value is -0.750. The Kier molecular flexibility index (Phi) is 5.69. The first-order valence-electron chi connectivity index (χ1n) is 8.70. The van der Waals surface area contributed by atoms with Crippen LogP contribution in [0.1, 0.15) is 37.8 Å². The minimum atomic E-state index is -1.58. The molecule has 2 aliphatic heterocycles. The minimum absolute atomic E-state index is 0.0461. The number of nitrogens with zero attached hydrogens (tertiary/aromatic N) is 1. The number of hydrogen-bond donors (Lipinski definition) is 2. The fourth-order valence-electron chi connectivity index (χ4n) is 4.16. The summed E-state index contributed by atoms with van der Waals surface area (Å²) in [7, 11) is 0. The maximum Gasteiger partial charge on any atom is 0.262 e. The normalized spacial score (nSPS) is 26.6. The van der Waals surface area contributed by atoms with Crippen LogP contribution in [-0.4, -0.2) is 33.5 Å². The largest absolute Gasteiger partial charge is 0.312 e. The van der Waals surface area contributed by atoms with Crippen molar-refractivity contribution in [3.05, 3.63) is 34.2 Å². The van der Waals surface area contributed by atoms with Crippen LogP contribution < -0.4 is 15.8 Å². The summed E-state index contributed by atoms with van der Waals surface area (Å²) < 4.78 is 0.288. The summed E-state index contributed by atoms with van der Waals surface area (Å²) in [4.78, 5) is 25.3. The summed E-state index contributed by atoms with van der Waals surface area (Å²) in [5.74, 6) is 0.465. The Balaban J connectivity index is 1.84. The molecule has 1 aromatic rings. The quantitative estimate of drug-likeness (QED) is 0.743. The number of quaternary nitrogens is 1. The summed E-state index contributed by atoms with van der Waals surface area (Å²) >= 11 is 18.6. The van der Waals surface area contributed by atoms with Crippen LogP contribution in [0, 0.1) is 5.92 Å². The maximum absolute atomic E-state index is 12.1. The fourth-order valence-corrected chi connectivity index (χ4v) is 4.79. The number of likely N-dealkylation sites (tertiary alicyclic amines) is 1. The van der Waals surface area contributed by atoms with E-state index in [2.05, 4.69) is 5.32 Å². The number of piperidine rings is 1. The molecule has 2 bridgehead atoms. The van der Waals surface area contributed by atoms with E-state index in [4.69, 9.17) is 34.8 Å². The number of halogens is 3. The van der Waals surface area contributed by atoms with Crippen LogP contribution >= 0.6 is 34.8 Å². The van der Waals surface area contributed by atoms with Gasteiger partial charge >= 0.3 is 0 Å². The predicted octanol–water partition coefficient (Wildman–Crippen LogP) is 1.46. The van der Waals surface area contributed by atoms with Crippen LogP contribution in [0.15, 0.2) is 23.0 Å². The van der Waals surface area contributed by atoms with Crippen molar-refractivity contribution in [2.24, 2.45) is 5.92 Å². The zero-order valence-corrected chi connectivity index (χ0v) is 16.4. The third-order valence-corrected chi connectivity index (χ3v) is 5.79. The molecule has 0 saturated carbocycles. The van der Waals surface area contributed by atoms with Gasteiger partial charge in [-0.3, -0.25) is 9.59 Å². The molecule has 1 amide bonds. The van der Waals surface area contributed by atoms with Crippen molar-refractivity contribution in [2.75, 3.05) is 13.1 Å². The highest BCUT2D eigenvalue weighted by molar-refractivity contribution is 6.68. The molecule has 25 heavy (non-hydrogen) atoms. The van der Waals surface area contributed by atoms with E-state index in [-0.39, 0.29) is 17.4 Å². The number of alkyl halides is 3. The van der Waals surface area contributed by atoms with Crippen molar-refractivity contribution < 1.29 is 9.69 Å². The molecule has 8 heteroatoms. The molecule has 2 aliphatic rings. The van der Waals surface area contributed by atoms with Gasteiger partial charge in [0.1, 0.15) is 0 Å². The predicted molar refractivity (Wildman–Crippen MR) is 99.4 cm³/mol. The Morgan fingerprint density at radius 1 is 1.40 bits per heavy atom. The van der Waals surface area contributed by atoms with E-state index in [9.17, 15) is 9.59 Å². The van der Waals surface area contributed by atoms with Crippen LogP contribution in [0.5, 0.6) is 0 Å². The molecule has 3 rings (SSSR count). The van der Waals surface area contributed by atoms with E-state index >= 15 is 0 Å². The van der Waals surface area contributed by atoms with E-state index in [1.54, 1.807) is 12.1 Å². The highest BCUT2D eigenvalue weighted by Gasteiger charge is 2.47. The third-order valence-electron chi connectivity index (χ3n) is 5.14. The summed E-state index contributed by atoms with van der Waals surface area (Å²) in [5, 5.41) is 2.91. The lowest BCUT2D eigenvalue weighted by Crippen LogP contribution is -3.21. The number of fused-ring (bicyclic) bond motifs is 4. The van der Waals surface area contributed by atoms with E-state index in [1.807, 2.05) is 17.6 Å². The standard InChI is InChI=1S/C17H22Cl3N3O2/c1-2-4-14(24)21-16(17(18,19)20)22-8-11-7-12(10-22)13-5-3-6-15(25)23(13)9-11/h3,5-6,11-12,16H,2,4,7-10H2,1H3,(H,21,24)/p+1/t11-,12+,16+/m0/s1. The Labute approximate surface area is 162 Å². The van der Waals surface area contributed by atoms with Crippen molar-refractivity contribution in [3.63, 3.8) is 0 Å². The number of carbonyl (C=O) groups excluding carboxylic acids is 1. The van der Waals surface area contributed by atoms with Gasteiger partial charge in [0, 0.05) is 36.6 Å². The molecule has 1 saturated heterocycles. The minimum Gasteiger partial charge on any atom is -0.312 e. The topological polar surface area (TPSA) is 55.5 Å². The van der Waals surface area contributed by atoms with E-state index in [1.165, 1.54) is 0 Å². The van der Waals surface area contributed by atoms with Gasteiger partial charge in [-0.1, -0.05) is 47.8 Å². The van der Waals surface area contributed by atoms with Crippen molar-refractivity contribution in [1.82, 2.24) is 9.88 Å². The number of amides is 1. The molecule has 2 N–H and O–H groups in total. The van der Waals surface area contributed by atoms with Crippen molar-refractivity contribution in [2.45, 2.75) is 48.6 Å². The van der Waals surface area contributed by atoms with Gasteiger partial charge < -0.3 is 14.8 Å². The molecule has 4 atom stereocenters. The first kappa shape index (κ1) is 19.0. The molecule has 1 fully saturated rings. The second kappa shape index (κ2) is 7.47. The van der Waals surface area contributed by atoms with Gasteiger partial charge in [0.2, 0.25) is 12.1 Å². The molecule has 1 aromatic heterocycles. The number of carbonyl (C=O) groups is 1. The van der Waals surface area contributed by atoms with Gasteiger partial charge in [0.05, 0.1) is 13.1 Å². The average molecular weight is 408 g/mol. The van der Waals surface area contributed by atoms with Gasteiger partial charge in [-0.25, -0.2) is 0 Å². The number of pyridine rings is 1. The molecule has 0 aromatic carbocycles. The Morgan fingerprint density at radius 2 is 2.16 bits per heavy atom. The fraction of sp³-hybridized carbons (Fsp3) is 0.647.